The average molecular weight is 394 g/mol. The van der Waals surface area contributed by atoms with Crippen molar-refractivity contribution in [1.82, 2.24) is 30.0 Å². The summed E-state index contributed by atoms with van der Waals surface area (Å²) in [7, 11) is 0. The predicted octanol–water partition coefficient (Wildman–Crippen LogP) is 2.76. The van der Waals surface area contributed by atoms with Crippen LogP contribution in [-0.2, 0) is 5.41 Å². The molecule has 2 aromatic heterocycles. The second-order valence-corrected chi connectivity index (χ2v) is 7.15. The molecule has 1 saturated carbocycles. The van der Waals surface area contributed by atoms with Crippen molar-refractivity contribution in [1.29, 1.82) is 5.26 Å². The van der Waals surface area contributed by atoms with Gasteiger partial charge in [-0.3, -0.25) is 9.78 Å². The zero-order valence-electron chi connectivity index (χ0n) is 15.0. The molecule has 1 N–H and O–H groups in total. The molecule has 1 aliphatic rings. The Hall–Kier alpha value is -3.31. The van der Waals surface area contributed by atoms with Gasteiger partial charge in [0.05, 0.1) is 23.7 Å². The van der Waals surface area contributed by atoms with Crippen LogP contribution in [0.3, 0.4) is 0 Å². The summed E-state index contributed by atoms with van der Waals surface area (Å²) in [4.78, 5) is 25.3. The maximum absolute atomic E-state index is 12.8. The fourth-order valence-corrected chi connectivity index (χ4v) is 3.29. The van der Waals surface area contributed by atoms with E-state index in [-0.39, 0.29) is 5.91 Å². The molecule has 0 radical (unpaired) electrons. The van der Waals surface area contributed by atoms with Gasteiger partial charge in [-0.25, -0.2) is 9.97 Å². The van der Waals surface area contributed by atoms with Crippen LogP contribution in [-0.4, -0.2) is 30.6 Å². The minimum Gasteiger partial charge on any atom is -0.342 e. The maximum atomic E-state index is 12.8. The zero-order chi connectivity index (χ0) is 19.7. The van der Waals surface area contributed by atoms with Crippen LogP contribution < -0.4 is 5.32 Å². The van der Waals surface area contributed by atoms with Crippen LogP contribution in [0.5, 0.6) is 0 Å². The number of amides is 1. The van der Waals surface area contributed by atoms with Gasteiger partial charge in [0.25, 0.3) is 5.91 Å². The second kappa shape index (κ2) is 7.02. The first-order valence-corrected chi connectivity index (χ1v) is 9.10. The first-order valence-electron chi connectivity index (χ1n) is 8.72. The number of nitrogens with one attached hydrogen (secondary N) is 1. The monoisotopic (exact) mass is 393 g/mol. The van der Waals surface area contributed by atoms with Crippen molar-refractivity contribution < 1.29 is 4.79 Å². The van der Waals surface area contributed by atoms with Crippen molar-refractivity contribution in [2.75, 3.05) is 0 Å². The molecule has 28 heavy (non-hydrogen) atoms. The fraction of sp³-hybridized carbons (Fsp3) is 0.263. The number of carbonyl (C=O) groups excluding carboxylic acids is 1. The van der Waals surface area contributed by atoms with Gasteiger partial charge in [-0.15, -0.1) is 0 Å². The summed E-state index contributed by atoms with van der Waals surface area (Å²) in [6.45, 7) is 1.80. The first kappa shape index (κ1) is 18.1. The lowest BCUT2D eigenvalue weighted by molar-refractivity contribution is 0.0937. The molecule has 1 aliphatic carbocycles. The first-order chi connectivity index (χ1) is 13.5. The fourth-order valence-electron chi connectivity index (χ4n) is 3.05. The van der Waals surface area contributed by atoms with Crippen LogP contribution in [0.15, 0.2) is 43.1 Å². The van der Waals surface area contributed by atoms with E-state index in [4.69, 9.17) is 11.6 Å². The standard InChI is InChI=1S/C19H16ClN7O/c1-12(17-24-11-25-27(17)16-9-22-4-5-23-16)26-18(28)13-6-14(8-15(20)7-13)19(10-21)2-3-19/h4-9,11-12H,2-3H2,1H3,(H,26,28). The molecule has 1 atom stereocenters. The molecule has 9 heteroatoms. The van der Waals surface area contributed by atoms with Crippen LogP contribution in [0.2, 0.25) is 5.02 Å². The van der Waals surface area contributed by atoms with Gasteiger partial charge in [0.1, 0.15) is 6.33 Å². The topological polar surface area (TPSA) is 109 Å². The number of nitriles is 1. The molecule has 0 spiro atoms. The molecule has 1 unspecified atom stereocenters. The van der Waals surface area contributed by atoms with E-state index in [0.717, 1.165) is 18.4 Å². The Morgan fingerprint density at radius 3 is 2.82 bits per heavy atom. The number of hydrogen-bond acceptors (Lipinski definition) is 6. The SMILES string of the molecule is CC(NC(=O)c1cc(Cl)cc(C2(C#N)CC2)c1)c1ncnn1-c1cnccn1. The Labute approximate surface area is 166 Å². The van der Waals surface area contributed by atoms with Crippen LogP contribution in [0.4, 0.5) is 0 Å². The largest absolute Gasteiger partial charge is 0.342 e. The van der Waals surface area contributed by atoms with E-state index in [1.54, 1.807) is 43.7 Å². The predicted molar refractivity (Wildman–Crippen MR) is 101 cm³/mol. The summed E-state index contributed by atoms with van der Waals surface area (Å²) in [5.74, 6) is 0.719. The average Bonchev–Trinajstić information content (AvgIpc) is 3.36. The summed E-state index contributed by atoms with van der Waals surface area (Å²) >= 11 is 6.20. The van der Waals surface area contributed by atoms with Crippen molar-refractivity contribution in [3.8, 4) is 11.9 Å². The summed E-state index contributed by atoms with van der Waals surface area (Å²) in [5, 5.41) is 16.9. The summed E-state index contributed by atoms with van der Waals surface area (Å²) < 4.78 is 1.52. The van der Waals surface area contributed by atoms with Gasteiger partial charge < -0.3 is 5.32 Å². The van der Waals surface area contributed by atoms with Crippen molar-refractivity contribution in [3.05, 3.63) is 65.1 Å². The van der Waals surface area contributed by atoms with E-state index in [2.05, 4.69) is 31.4 Å². The summed E-state index contributed by atoms with van der Waals surface area (Å²) in [5.41, 5.74) is 0.669. The van der Waals surface area contributed by atoms with Gasteiger partial charge in [0.15, 0.2) is 11.6 Å². The van der Waals surface area contributed by atoms with Crippen LogP contribution in [0.1, 0.15) is 47.6 Å². The molecular formula is C19H16ClN7O. The van der Waals surface area contributed by atoms with E-state index in [1.807, 2.05) is 0 Å². The maximum Gasteiger partial charge on any atom is 0.251 e. The van der Waals surface area contributed by atoms with Crippen molar-refractivity contribution >= 4 is 17.5 Å². The van der Waals surface area contributed by atoms with Crippen LogP contribution in [0.25, 0.3) is 5.82 Å². The van der Waals surface area contributed by atoms with E-state index in [9.17, 15) is 10.1 Å². The molecule has 8 nitrogen and oxygen atoms in total. The molecule has 1 aromatic carbocycles. The molecule has 4 rings (SSSR count). The van der Waals surface area contributed by atoms with Gasteiger partial charge in [0, 0.05) is 23.0 Å². The van der Waals surface area contributed by atoms with E-state index < -0.39 is 11.5 Å². The van der Waals surface area contributed by atoms with Gasteiger partial charge in [-0.2, -0.15) is 15.0 Å². The van der Waals surface area contributed by atoms with Gasteiger partial charge in [-0.05, 0) is 43.5 Å². The number of hydrogen-bond donors (Lipinski definition) is 1. The van der Waals surface area contributed by atoms with Crippen LogP contribution >= 0.6 is 11.6 Å². The molecule has 1 amide bonds. The molecule has 140 valence electrons. The van der Waals surface area contributed by atoms with E-state index in [1.165, 1.54) is 11.0 Å². The minimum atomic E-state index is -0.516. The van der Waals surface area contributed by atoms with Gasteiger partial charge in [-0.1, -0.05) is 11.6 Å². The number of halogens is 1. The Bertz CT molecular complexity index is 1070. The highest BCUT2D eigenvalue weighted by Crippen LogP contribution is 2.48. The molecule has 1 fully saturated rings. The minimum absolute atomic E-state index is 0.307. The molecule has 3 aromatic rings. The van der Waals surface area contributed by atoms with Gasteiger partial charge in [0.2, 0.25) is 0 Å². The molecule has 0 aliphatic heterocycles. The van der Waals surface area contributed by atoms with Crippen LogP contribution in [0, 0.1) is 11.3 Å². The number of carbonyl (C=O) groups is 1. The van der Waals surface area contributed by atoms with Crippen molar-refractivity contribution in [2.24, 2.45) is 0 Å². The molecule has 0 saturated heterocycles. The number of aromatic nitrogens is 5. The molecule has 0 bridgehead atoms. The van der Waals surface area contributed by atoms with Crippen molar-refractivity contribution in [3.63, 3.8) is 0 Å². The molecule has 2 heterocycles. The quantitative estimate of drug-likeness (QED) is 0.713. The van der Waals surface area contributed by atoms with E-state index >= 15 is 0 Å². The third-order valence-electron chi connectivity index (χ3n) is 4.75. The second-order valence-electron chi connectivity index (χ2n) is 6.71. The molecular weight excluding hydrogens is 378 g/mol. The Balaban J connectivity index is 1.57. The van der Waals surface area contributed by atoms with E-state index in [0.29, 0.717) is 22.2 Å². The third-order valence-corrected chi connectivity index (χ3v) is 4.97. The highest BCUT2D eigenvalue weighted by molar-refractivity contribution is 6.31. The number of benzene rings is 1. The lowest BCUT2D eigenvalue weighted by atomic mass is 9.95. The Morgan fingerprint density at radius 2 is 2.14 bits per heavy atom. The van der Waals surface area contributed by atoms with Gasteiger partial charge >= 0.3 is 0 Å². The highest BCUT2D eigenvalue weighted by Gasteiger charge is 2.45. The lowest BCUT2D eigenvalue weighted by Crippen LogP contribution is -2.29. The number of nitrogens with zero attached hydrogens (tertiary/aromatic N) is 6. The van der Waals surface area contributed by atoms with Crippen molar-refractivity contribution in [2.45, 2.75) is 31.2 Å². The summed E-state index contributed by atoms with van der Waals surface area (Å²) in [6, 6.07) is 6.96. The third kappa shape index (κ3) is 3.32. The Kier molecular flexibility index (Phi) is 4.53. The lowest BCUT2D eigenvalue weighted by Gasteiger charge is -2.15. The summed E-state index contributed by atoms with van der Waals surface area (Å²) in [6.07, 6.45) is 7.64. The Morgan fingerprint density at radius 1 is 1.32 bits per heavy atom. The normalized spacial score (nSPS) is 15.5. The highest BCUT2D eigenvalue weighted by atomic mass is 35.5. The number of rotatable bonds is 5. The zero-order valence-corrected chi connectivity index (χ0v) is 15.8. The smallest absolute Gasteiger partial charge is 0.251 e.